The number of halogens is 2. The maximum Gasteiger partial charge on any atom is 0.205 e. The van der Waals surface area contributed by atoms with E-state index in [0.717, 1.165) is 21.8 Å². The van der Waals surface area contributed by atoms with Crippen LogP contribution in [0.3, 0.4) is 0 Å². The van der Waals surface area contributed by atoms with Crippen molar-refractivity contribution < 1.29 is 4.42 Å². The fourth-order valence-corrected chi connectivity index (χ4v) is 3.18. The summed E-state index contributed by atoms with van der Waals surface area (Å²) in [6, 6.07) is 9.20. The molecule has 0 amide bonds. The molecular weight excluding hydrogens is 353 g/mol. The first-order chi connectivity index (χ1) is 11.1. The van der Waals surface area contributed by atoms with Crippen molar-refractivity contribution in [1.82, 2.24) is 4.68 Å². The van der Waals surface area contributed by atoms with Crippen molar-refractivity contribution in [3.63, 3.8) is 0 Å². The summed E-state index contributed by atoms with van der Waals surface area (Å²) in [4.78, 5) is 5.05. The monoisotopic (exact) mass is 365 g/mol. The molecule has 0 aliphatic rings. The molecule has 23 heavy (non-hydrogen) atoms. The highest BCUT2D eigenvalue weighted by Crippen LogP contribution is 2.28. The van der Waals surface area contributed by atoms with Crippen molar-refractivity contribution in [2.24, 2.45) is 10.1 Å². The van der Waals surface area contributed by atoms with Crippen LogP contribution in [0.1, 0.15) is 12.7 Å². The Morgan fingerprint density at radius 1 is 1.22 bits per heavy atom. The van der Waals surface area contributed by atoms with Gasteiger partial charge in [-0.15, -0.1) is 11.3 Å². The Hall–Kier alpha value is -1.82. The molecule has 118 valence electrons. The van der Waals surface area contributed by atoms with Crippen LogP contribution in [0.2, 0.25) is 10.0 Å². The zero-order valence-electron chi connectivity index (χ0n) is 12.5. The molecule has 0 atom stereocenters. The van der Waals surface area contributed by atoms with Crippen molar-refractivity contribution in [3.05, 3.63) is 62.6 Å². The van der Waals surface area contributed by atoms with Crippen LogP contribution >= 0.6 is 34.5 Å². The maximum atomic E-state index is 6.13. The van der Waals surface area contributed by atoms with Crippen LogP contribution in [0.15, 0.2) is 56.5 Å². The van der Waals surface area contributed by atoms with E-state index in [1.807, 2.05) is 36.6 Å². The molecule has 0 radical (unpaired) electrons. The molecule has 0 bridgehead atoms. The van der Waals surface area contributed by atoms with E-state index in [4.69, 9.17) is 27.6 Å². The summed E-state index contributed by atoms with van der Waals surface area (Å²) in [5, 5.41) is 7.65. The first-order valence-corrected chi connectivity index (χ1v) is 8.42. The van der Waals surface area contributed by atoms with Gasteiger partial charge in [0, 0.05) is 18.0 Å². The molecule has 3 aromatic rings. The Bertz CT molecular complexity index is 923. The summed E-state index contributed by atoms with van der Waals surface area (Å²) in [6.07, 6.45) is 1.62. The van der Waals surface area contributed by atoms with E-state index in [1.165, 1.54) is 11.3 Å². The number of furan rings is 1. The minimum absolute atomic E-state index is 0.503. The molecule has 0 aliphatic heterocycles. The van der Waals surface area contributed by atoms with Crippen LogP contribution < -0.4 is 4.80 Å². The molecular formula is C16H13Cl2N3OS. The Balaban J connectivity index is 2.15. The number of thiazole rings is 1. The lowest BCUT2D eigenvalue weighted by Gasteiger charge is -2.06. The third-order valence-electron chi connectivity index (χ3n) is 3.22. The van der Waals surface area contributed by atoms with Gasteiger partial charge in [0.2, 0.25) is 4.80 Å². The summed E-state index contributed by atoms with van der Waals surface area (Å²) in [7, 11) is 1.73. The van der Waals surface area contributed by atoms with Crippen LogP contribution in [0.5, 0.6) is 0 Å². The Morgan fingerprint density at radius 3 is 2.70 bits per heavy atom. The minimum Gasteiger partial charge on any atom is -0.463 e. The summed E-state index contributed by atoms with van der Waals surface area (Å²) in [5.41, 5.74) is 2.56. The lowest BCUT2D eigenvalue weighted by molar-refractivity contribution is 0.556. The second-order valence-electron chi connectivity index (χ2n) is 4.73. The Kier molecular flexibility index (Phi) is 4.71. The summed E-state index contributed by atoms with van der Waals surface area (Å²) < 4.78 is 7.17. The molecule has 0 unspecified atom stereocenters. The normalized spacial score (nSPS) is 12.9. The van der Waals surface area contributed by atoms with Gasteiger partial charge in [0.15, 0.2) is 0 Å². The zero-order chi connectivity index (χ0) is 16.4. The van der Waals surface area contributed by atoms with Crippen molar-refractivity contribution in [2.75, 3.05) is 7.05 Å². The molecule has 3 rings (SSSR count). The molecule has 2 heterocycles. The van der Waals surface area contributed by atoms with Gasteiger partial charge in [-0.05, 0) is 31.2 Å². The SMILES string of the molecule is CN=c1scc(-c2ccc(Cl)c(Cl)c2)n1N=C(C)c1ccco1. The number of hydrogen-bond acceptors (Lipinski definition) is 4. The van der Waals surface area contributed by atoms with Gasteiger partial charge in [-0.25, -0.2) is 4.68 Å². The van der Waals surface area contributed by atoms with Gasteiger partial charge in [0.25, 0.3) is 0 Å². The standard InChI is InChI=1S/C16H13Cl2N3OS/c1-10(15-4-3-7-22-15)20-21-14(9-23-16(21)19-2)11-5-6-12(17)13(18)8-11/h3-9H,1-2H3. The van der Waals surface area contributed by atoms with Gasteiger partial charge in [0.05, 0.1) is 22.0 Å². The smallest absolute Gasteiger partial charge is 0.205 e. The molecule has 0 spiro atoms. The van der Waals surface area contributed by atoms with Crippen LogP contribution in [-0.2, 0) is 0 Å². The molecule has 0 saturated heterocycles. The molecule has 0 saturated carbocycles. The number of nitrogens with zero attached hydrogens (tertiary/aromatic N) is 3. The van der Waals surface area contributed by atoms with E-state index >= 15 is 0 Å². The fourth-order valence-electron chi connectivity index (χ4n) is 2.08. The third-order valence-corrected chi connectivity index (χ3v) is 4.87. The van der Waals surface area contributed by atoms with E-state index in [-0.39, 0.29) is 0 Å². The zero-order valence-corrected chi connectivity index (χ0v) is 14.8. The predicted molar refractivity (Wildman–Crippen MR) is 95.6 cm³/mol. The number of aromatic nitrogens is 1. The van der Waals surface area contributed by atoms with Crippen LogP contribution in [0.25, 0.3) is 11.3 Å². The largest absolute Gasteiger partial charge is 0.463 e. The third kappa shape index (κ3) is 3.27. The quantitative estimate of drug-likeness (QED) is 0.607. The molecule has 0 N–H and O–H groups in total. The minimum atomic E-state index is 0.503. The van der Waals surface area contributed by atoms with E-state index < -0.39 is 0 Å². The Labute approximate surface area is 147 Å². The lowest BCUT2D eigenvalue weighted by Crippen LogP contribution is -2.13. The number of hydrogen-bond donors (Lipinski definition) is 0. The van der Waals surface area contributed by atoms with E-state index in [1.54, 1.807) is 24.1 Å². The molecule has 2 aromatic heterocycles. The van der Waals surface area contributed by atoms with Gasteiger partial charge >= 0.3 is 0 Å². The van der Waals surface area contributed by atoms with Gasteiger partial charge in [-0.2, -0.15) is 5.10 Å². The van der Waals surface area contributed by atoms with Gasteiger partial charge in [0.1, 0.15) is 11.5 Å². The van der Waals surface area contributed by atoms with Crippen molar-refractivity contribution in [3.8, 4) is 11.3 Å². The first-order valence-electron chi connectivity index (χ1n) is 6.78. The van der Waals surface area contributed by atoms with Gasteiger partial charge in [-0.1, -0.05) is 29.3 Å². The van der Waals surface area contributed by atoms with E-state index in [0.29, 0.717) is 15.8 Å². The first kappa shape index (κ1) is 16.1. The van der Waals surface area contributed by atoms with Crippen molar-refractivity contribution >= 4 is 40.3 Å². The van der Waals surface area contributed by atoms with Gasteiger partial charge in [-0.3, -0.25) is 4.99 Å². The summed E-state index contributed by atoms with van der Waals surface area (Å²) in [6.45, 7) is 1.89. The highest BCUT2D eigenvalue weighted by molar-refractivity contribution is 7.07. The molecule has 4 nitrogen and oxygen atoms in total. The average Bonchev–Trinajstić information content (AvgIpc) is 3.19. The second kappa shape index (κ2) is 6.74. The van der Waals surface area contributed by atoms with Crippen molar-refractivity contribution in [1.29, 1.82) is 0 Å². The highest BCUT2D eigenvalue weighted by atomic mass is 35.5. The molecule has 0 fully saturated rings. The van der Waals surface area contributed by atoms with Crippen LogP contribution in [-0.4, -0.2) is 17.4 Å². The van der Waals surface area contributed by atoms with E-state index in [9.17, 15) is 0 Å². The predicted octanol–water partition coefficient (Wildman–Crippen LogP) is 4.92. The van der Waals surface area contributed by atoms with Crippen molar-refractivity contribution in [2.45, 2.75) is 6.92 Å². The van der Waals surface area contributed by atoms with Crippen LogP contribution in [0, 0.1) is 0 Å². The molecule has 1 aromatic carbocycles. The summed E-state index contributed by atoms with van der Waals surface area (Å²) in [5.74, 6) is 0.714. The lowest BCUT2D eigenvalue weighted by atomic mass is 10.2. The van der Waals surface area contributed by atoms with Gasteiger partial charge < -0.3 is 4.42 Å². The number of rotatable bonds is 3. The Morgan fingerprint density at radius 2 is 2.04 bits per heavy atom. The topological polar surface area (TPSA) is 42.8 Å². The average molecular weight is 366 g/mol. The van der Waals surface area contributed by atoms with E-state index in [2.05, 4.69) is 10.1 Å². The summed E-state index contributed by atoms with van der Waals surface area (Å²) >= 11 is 13.6. The molecule has 7 heteroatoms. The second-order valence-corrected chi connectivity index (χ2v) is 6.38. The number of benzene rings is 1. The maximum absolute atomic E-state index is 6.13. The molecule has 0 aliphatic carbocycles. The van der Waals surface area contributed by atoms with Crippen LogP contribution in [0.4, 0.5) is 0 Å². The fraction of sp³-hybridized carbons (Fsp3) is 0.125. The highest BCUT2D eigenvalue weighted by Gasteiger charge is 2.10.